The molecule has 0 aromatic heterocycles. The van der Waals surface area contributed by atoms with Gasteiger partial charge in [0.25, 0.3) is 0 Å². The quantitative estimate of drug-likeness (QED) is 0.633. The van der Waals surface area contributed by atoms with Crippen molar-refractivity contribution in [1.82, 2.24) is 0 Å². The second-order valence-electron chi connectivity index (χ2n) is 4.52. The summed E-state index contributed by atoms with van der Waals surface area (Å²) >= 11 is 0. The lowest BCUT2D eigenvalue weighted by Gasteiger charge is -2.14. The van der Waals surface area contributed by atoms with Gasteiger partial charge in [-0.15, -0.1) is 0 Å². The molecule has 0 aromatic rings. The molecule has 0 aliphatic heterocycles. The highest BCUT2D eigenvalue weighted by Gasteiger charge is 2.36. The number of hydrogen-bond acceptors (Lipinski definition) is 4. The van der Waals surface area contributed by atoms with Gasteiger partial charge in [-0.25, -0.2) is 8.42 Å². The third-order valence-corrected chi connectivity index (χ3v) is 4.82. The SMILES string of the molecule is CCOC(C(=O)CCCS(=O)(=O)CC)C1CC1. The molecule has 0 saturated heterocycles. The number of sulfone groups is 1. The van der Waals surface area contributed by atoms with E-state index in [1.165, 1.54) is 0 Å². The Kier molecular flexibility index (Phi) is 5.59. The van der Waals surface area contributed by atoms with Gasteiger partial charge in [0.05, 0.1) is 5.75 Å². The fourth-order valence-corrected chi connectivity index (χ4v) is 2.70. The molecule has 100 valence electrons. The summed E-state index contributed by atoms with van der Waals surface area (Å²) in [4.78, 5) is 11.9. The fraction of sp³-hybridized carbons (Fsp3) is 0.917. The minimum atomic E-state index is -2.95. The average molecular weight is 262 g/mol. The maximum Gasteiger partial charge on any atom is 0.161 e. The molecule has 4 nitrogen and oxygen atoms in total. The van der Waals surface area contributed by atoms with Crippen molar-refractivity contribution < 1.29 is 17.9 Å². The van der Waals surface area contributed by atoms with E-state index in [2.05, 4.69) is 0 Å². The maximum absolute atomic E-state index is 11.9. The van der Waals surface area contributed by atoms with Gasteiger partial charge in [-0.05, 0) is 32.1 Å². The van der Waals surface area contributed by atoms with Crippen LogP contribution in [0.4, 0.5) is 0 Å². The van der Waals surface area contributed by atoms with Gasteiger partial charge in [0.15, 0.2) is 5.78 Å². The van der Waals surface area contributed by atoms with Crippen LogP contribution in [0.25, 0.3) is 0 Å². The van der Waals surface area contributed by atoms with Crippen molar-refractivity contribution >= 4 is 15.6 Å². The number of ether oxygens (including phenoxy) is 1. The standard InChI is InChI=1S/C12H22O4S/c1-3-16-12(10-7-8-10)11(13)6-5-9-17(14,15)4-2/h10,12H,3-9H2,1-2H3. The molecule has 0 bridgehead atoms. The van der Waals surface area contributed by atoms with Gasteiger partial charge in [0.1, 0.15) is 15.9 Å². The van der Waals surface area contributed by atoms with Crippen LogP contribution in [0.3, 0.4) is 0 Å². The molecule has 1 fully saturated rings. The van der Waals surface area contributed by atoms with Crippen LogP contribution in [0.15, 0.2) is 0 Å². The van der Waals surface area contributed by atoms with Crippen LogP contribution in [0.5, 0.6) is 0 Å². The summed E-state index contributed by atoms with van der Waals surface area (Å²) in [6.07, 6.45) is 2.57. The monoisotopic (exact) mass is 262 g/mol. The molecule has 1 aliphatic rings. The van der Waals surface area contributed by atoms with Crippen LogP contribution >= 0.6 is 0 Å². The third kappa shape index (κ3) is 5.17. The first-order chi connectivity index (χ1) is 8.00. The average Bonchev–Trinajstić information content (AvgIpc) is 3.09. The van der Waals surface area contributed by atoms with Crippen molar-refractivity contribution in [3.63, 3.8) is 0 Å². The second kappa shape index (κ2) is 6.50. The lowest BCUT2D eigenvalue weighted by Crippen LogP contribution is -2.27. The van der Waals surface area contributed by atoms with Crippen LogP contribution in [0.1, 0.15) is 39.5 Å². The molecule has 0 heterocycles. The van der Waals surface area contributed by atoms with E-state index in [1.807, 2.05) is 6.92 Å². The van der Waals surface area contributed by atoms with Crippen molar-refractivity contribution in [2.24, 2.45) is 5.92 Å². The fourth-order valence-electron chi connectivity index (χ4n) is 1.82. The lowest BCUT2D eigenvalue weighted by atomic mass is 10.1. The summed E-state index contributed by atoms with van der Waals surface area (Å²) < 4.78 is 28.0. The molecule has 0 radical (unpaired) electrons. The third-order valence-electron chi connectivity index (χ3n) is 3.03. The molecule has 1 aliphatic carbocycles. The van der Waals surface area contributed by atoms with Gasteiger partial charge in [-0.3, -0.25) is 4.79 Å². The van der Waals surface area contributed by atoms with Crippen LogP contribution in [0.2, 0.25) is 0 Å². The summed E-state index contributed by atoms with van der Waals surface area (Å²) in [5, 5.41) is 0. The largest absolute Gasteiger partial charge is 0.370 e. The van der Waals surface area contributed by atoms with Crippen molar-refractivity contribution in [3.8, 4) is 0 Å². The minimum Gasteiger partial charge on any atom is -0.370 e. The van der Waals surface area contributed by atoms with E-state index in [9.17, 15) is 13.2 Å². The van der Waals surface area contributed by atoms with Crippen molar-refractivity contribution in [3.05, 3.63) is 0 Å². The Morgan fingerprint density at radius 3 is 2.47 bits per heavy atom. The number of rotatable bonds is 9. The highest BCUT2D eigenvalue weighted by atomic mass is 32.2. The normalized spacial score (nSPS) is 18.0. The number of carbonyl (C=O) groups is 1. The molecule has 1 unspecified atom stereocenters. The van der Waals surface area contributed by atoms with Crippen molar-refractivity contribution in [2.45, 2.75) is 45.6 Å². The van der Waals surface area contributed by atoms with Crippen molar-refractivity contribution in [1.29, 1.82) is 0 Å². The Morgan fingerprint density at radius 1 is 1.35 bits per heavy atom. The zero-order valence-electron chi connectivity index (χ0n) is 10.6. The predicted octanol–water partition coefficient (Wildman–Crippen LogP) is 1.59. The van der Waals surface area contributed by atoms with Crippen LogP contribution in [-0.2, 0) is 19.4 Å². The Bertz CT molecular complexity index is 344. The molecule has 0 amide bonds. The molecule has 1 saturated carbocycles. The Labute approximate surface area is 104 Å². The zero-order chi connectivity index (χ0) is 12.9. The molecule has 0 aromatic carbocycles. The summed E-state index contributed by atoms with van der Waals surface area (Å²) in [7, 11) is -2.95. The molecule has 17 heavy (non-hydrogen) atoms. The topological polar surface area (TPSA) is 60.4 Å². The Hall–Kier alpha value is -0.420. The number of ketones is 1. The van der Waals surface area contributed by atoms with Crippen molar-refractivity contribution in [2.75, 3.05) is 18.1 Å². The Balaban J connectivity index is 2.32. The summed E-state index contributed by atoms with van der Waals surface area (Å²) in [5.41, 5.74) is 0. The van der Waals surface area contributed by atoms with Gasteiger partial charge >= 0.3 is 0 Å². The molecule has 1 atom stereocenters. The van der Waals surface area contributed by atoms with Gasteiger partial charge in [-0.2, -0.15) is 0 Å². The summed E-state index contributed by atoms with van der Waals surface area (Å²) in [6, 6.07) is 0. The first-order valence-electron chi connectivity index (χ1n) is 6.35. The molecule has 0 N–H and O–H groups in total. The molecule has 1 rings (SSSR count). The van der Waals surface area contributed by atoms with E-state index in [0.717, 1.165) is 12.8 Å². The Morgan fingerprint density at radius 2 is 2.00 bits per heavy atom. The molecular formula is C12H22O4S. The lowest BCUT2D eigenvalue weighted by molar-refractivity contribution is -0.131. The number of hydrogen-bond donors (Lipinski definition) is 0. The van der Waals surface area contributed by atoms with E-state index >= 15 is 0 Å². The minimum absolute atomic E-state index is 0.0700. The zero-order valence-corrected chi connectivity index (χ0v) is 11.5. The number of carbonyl (C=O) groups excluding carboxylic acids is 1. The van der Waals surface area contributed by atoms with Gasteiger partial charge in [0, 0.05) is 18.8 Å². The van der Waals surface area contributed by atoms with E-state index in [-0.39, 0.29) is 23.4 Å². The molecular weight excluding hydrogens is 240 g/mol. The maximum atomic E-state index is 11.9. The van der Waals surface area contributed by atoms with E-state index in [4.69, 9.17) is 4.74 Å². The summed E-state index contributed by atoms with van der Waals surface area (Å²) in [5.74, 6) is 0.711. The first kappa shape index (κ1) is 14.6. The van der Waals surface area contributed by atoms with Crippen LogP contribution < -0.4 is 0 Å². The first-order valence-corrected chi connectivity index (χ1v) is 8.17. The van der Waals surface area contributed by atoms with E-state index in [0.29, 0.717) is 25.4 Å². The van der Waals surface area contributed by atoms with Gasteiger partial charge < -0.3 is 4.74 Å². The number of Topliss-reactive ketones (excluding diaryl/α,β-unsaturated/α-hetero) is 1. The van der Waals surface area contributed by atoms with Gasteiger partial charge in [-0.1, -0.05) is 6.92 Å². The molecule has 5 heteroatoms. The second-order valence-corrected chi connectivity index (χ2v) is 6.99. The summed E-state index contributed by atoms with van der Waals surface area (Å²) in [6.45, 7) is 4.05. The van der Waals surface area contributed by atoms with E-state index < -0.39 is 9.84 Å². The van der Waals surface area contributed by atoms with Crippen LogP contribution in [-0.4, -0.2) is 38.4 Å². The molecule has 0 spiro atoms. The van der Waals surface area contributed by atoms with E-state index in [1.54, 1.807) is 6.92 Å². The highest BCUT2D eigenvalue weighted by molar-refractivity contribution is 7.91. The van der Waals surface area contributed by atoms with Gasteiger partial charge in [0.2, 0.25) is 0 Å². The highest BCUT2D eigenvalue weighted by Crippen LogP contribution is 2.35. The van der Waals surface area contributed by atoms with Crippen LogP contribution in [0, 0.1) is 5.92 Å². The predicted molar refractivity (Wildman–Crippen MR) is 66.7 cm³/mol. The smallest absolute Gasteiger partial charge is 0.161 e.